The van der Waals surface area contributed by atoms with Crippen LogP contribution in [0.15, 0.2) is 97.2 Å². The van der Waals surface area contributed by atoms with Gasteiger partial charge in [-0.1, -0.05) is 323 Å². The molecule has 466 valence electrons. The highest BCUT2D eigenvalue weighted by Gasteiger charge is 2.19. The first-order valence-electron chi connectivity index (χ1n) is 34.7. The molecule has 0 amide bonds. The Kier molecular flexibility index (Phi) is 65.7. The highest BCUT2D eigenvalue weighted by molar-refractivity contribution is 5.71. The van der Waals surface area contributed by atoms with Crippen molar-refractivity contribution in [2.45, 2.75) is 348 Å². The summed E-state index contributed by atoms with van der Waals surface area (Å²) in [4.78, 5) is 38.5. The summed E-state index contributed by atoms with van der Waals surface area (Å²) in [6.45, 7) is 6.44. The van der Waals surface area contributed by atoms with Crippen LogP contribution < -0.4 is 0 Å². The predicted octanol–water partition coefficient (Wildman–Crippen LogP) is 24.0. The Hall–Kier alpha value is -3.67. The fourth-order valence-corrected chi connectivity index (χ4v) is 9.96. The molecule has 0 fully saturated rings. The lowest BCUT2D eigenvalue weighted by atomic mass is 10.0. The van der Waals surface area contributed by atoms with E-state index in [9.17, 15) is 14.4 Å². The number of esters is 3. The van der Waals surface area contributed by atoms with Gasteiger partial charge in [0.25, 0.3) is 0 Å². The first kappa shape index (κ1) is 77.3. The molecule has 0 rings (SSSR count). The summed E-state index contributed by atoms with van der Waals surface area (Å²) in [5.74, 6) is -0.896. The molecule has 6 heteroatoms. The second kappa shape index (κ2) is 68.8. The molecule has 1 atom stereocenters. The Morgan fingerprint density at radius 3 is 0.753 bits per heavy atom. The maximum Gasteiger partial charge on any atom is 0.306 e. The normalized spacial score (nSPS) is 12.7. The van der Waals surface area contributed by atoms with Crippen molar-refractivity contribution in [1.82, 2.24) is 0 Å². The lowest BCUT2D eigenvalue weighted by Crippen LogP contribution is -2.30. The molecule has 1 unspecified atom stereocenters. The monoisotopic (exact) mass is 1130 g/mol. The highest BCUT2D eigenvalue weighted by Crippen LogP contribution is 2.18. The fraction of sp³-hybridized carbons (Fsp3) is 0.747. The topological polar surface area (TPSA) is 78.9 Å². The number of hydrogen-bond acceptors (Lipinski definition) is 6. The van der Waals surface area contributed by atoms with Gasteiger partial charge in [0.1, 0.15) is 13.2 Å². The number of unbranched alkanes of at least 4 members (excludes halogenated alkanes) is 36. The first-order valence-corrected chi connectivity index (χ1v) is 34.7. The van der Waals surface area contributed by atoms with E-state index in [1.807, 2.05) is 0 Å². The lowest BCUT2D eigenvalue weighted by Gasteiger charge is -2.18. The molecule has 6 nitrogen and oxygen atoms in total. The Morgan fingerprint density at radius 2 is 0.481 bits per heavy atom. The molecule has 0 radical (unpaired) electrons. The van der Waals surface area contributed by atoms with Gasteiger partial charge < -0.3 is 14.2 Å². The minimum atomic E-state index is -0.791. The van der Waals surface area contributed by atoms with Crippen LogP contribution in [0.2, 0.25) is 0 Å². The molecule has 0 aliphatic carbocycles. The highest BCUT2D eigenvalue weighted by atomic mass is 16.6. The maximum atomic E-state index is 13.0. The summed E-state index contributed by atoms with van der Waals surface area (Å²) in [6, 6.07) is 0. The Balaban J connectivity index is 4.37. The summed E-state index contributed by atoms with van der Waals surface area (Å²) in [6.07, 6.45) is 92.8. The second-order valence-electron chi connectivity index (χ2n) is 23.0. The molecule has 0 N–H and O–H groups in total. The number of ether oxygens (including phenoxy) is 3. The van der Waals surface area contributed by atoms with Crippen molar-refractivity contribution in [3.63, 3.8) is 0 Å². The third kappa shape index (κ3) is 67.0. The van der Waals surface area contributed by atoms with E-state index in [0.717, 1.165) is 122 Å². The number of rotatable bonds is 63. The molecule has 0 saturated carbocycles. The van der Waals surface area contributed by atoms with Crippen molar-refractivity contribution in [2.75, 3.05) is 13.2 Å². The van der Waals surface area contributed by atoms with E-state index in [2.05, 4.69) is 118 Å². The van der Waals surface area contributed by atoms with Crippen molar-refractivity contribution in [3.05, 3.63) is 97.2 Å². The van der Waals surface area contributed by atoms with Gasteiger partial charge in [-0.15, -0.1) is 0 Å². The Labute approximate surface area is 502 Å². The fourth-order valence-electron chi connectivity index (χ4n) is 9.96. The van der Waals surface area contributed by atoms with Crippen molar-refractivity contribution in [1.29, 1.82) is 0 Å². The van der Waals surface area contributed by atoms with Crippen molar-refractivity contribution in [3.8, 4) is 0 Å². The Morgan fingerprint density at radius 1 is 0.259 bits per heavy atom. The van der Waals surface area contributed by atoms with E-state index in [1.165, 1.54) is 180 Å². The van der Waals surface area contributed by atoms with Crippen LogP contribution in [0.1, 0.15) is 342 Å². The van der Waals surface area contributed by atoms with Gasteiger partial charge in [-0.3, -0.25) is 14.4 Å². The minimum absolute atomic E-state index is 0.0853. The summed E-state index contributed by atoms with van der Waals surface area (Å²) in [5.41, 5.74) is 0. The first-order chi connectivity index (χ1) is 40.0. The number of hydrogen-bond donors (Lipinski definition) is 0. The van der Waals surface area contributed by atoms with E-state index >= 15 is 0 Å². The molecule has 0 aliphatic heterocycles. The quantitative estimate of drug-likeness (QED) is 0.0261. The van der Waals surface area contributed by atoms with Gasteiger partial charge in [-0.2, -0.15) is 0 Å². The van der Waals surface area contributed by atoms with Crippen LogP contribution in [0.25, 0.3) is 0 Å². The smallest absolute Gasteiger partial charge is 0.306 e. The van der Waals surface area contributed by atoms with Crippen molar-refractivity contribution < 1.29 is 28.6 Å². The van der Waals surface area contributed by atoms with Gasteiger partial charge in [0.15, 0.2) is 6.10 Å². The molecular formula is C75H130O6. The van der Waals surface area contributed by atoms with Crippen LogP contribution in [0.4, 0.5) is 0 Å². The summed E-state index contributed by atoms with van der Waals surface area (Å²) in [5, 5.41) is 0. The average Bonchev–Trinajstić information content (AvgIpc) is 3.47. The average molecular weight is 1130 g/mol. The minimum Gasteiger partial charge on any atom is -0.462 e. The molecule has 0 spiro atoms. The van der Waals surface area contributed by atoms with Crippen LogP contribution in [-0.4, -0.2) is 37.2 Å². The molecule has 0 aromatic rings. The molecule has 0 aliphatic rings. The van der Waals surface area contributed by atoms with Crippen LogP contribution in [-0.2, 0) is 28.6 Å². The number of carbonyl (C=O) groups excluding carboxylic acids is 3. The Bertz CT molecular complexity index is 1580. The van der Waals surface area contributed by atoms with E-state index in [4.69, 9.17) is 14.2 Å². The van der Waals surface area contributed by atoms with Crippen molar-refractivity contribution >= 4 is 17.9 Å². The van der Waals surface area contributed by atoms with Gasteiger partial charge >= 0.3 is 17.9 Å². The molecule has 0 saturated heterocycles. The largest absolute Gasteiger partial charge is 0.462 e. The number of carbonyl (C=O) groups is 3. The summed E-state index contributed by atoms with van der Waals surface area (Å²) < 4.78 is 17.0. The maximum absolute atomic E-state index is 13.0. The van der Waals surface area contributed by atoms with Gasteiger partial charge in [0, 0.05) is 19.3 Å². The molecule has 0 heterocycles. The zero-order chi connectivity index (χ0) is 58.5. The summed E-state index contributed by atoms with van der Waals surface area (Å²) >= 11 is 0. The van der Waals surface area contributed by atoms with Gasteiger partial charge in [0.05, 0.1) is 0 Å². The molecular weight excluding hydrogens is 997 g/mol. The molecule has 81 heavy (non-hydrogen) atoms. The van der Waals surface area contributed by atoms with E-state index in [0.29, 0.717) is 19.3 Å². The van der Waals surface area contributed by atoms with E-state index < -0.39 is 6.10 Å². The van der Waals surface area contributed by atoms with Crippen LogP contribution >= 0.6 is 0 Å². The van der Waals surface area contributed by atoms with Crippen molar-refractivity contribution in [2.24, 2.45) is 0 Å². The summed E-state index contributed by atoms with van der Waals surface area (Å²) in [7, 11) is 0. The second-order valence-corrected chi connectivity index (χ2v) is 23.0. The zero-order valence-corrected chi connectivity index (χ0v) is 53.5. The van der Waals surface area contributed by atoms with Gasteiger partial charge in [0.2, 0.25) is 0 Å². The SMILES string of the molecule is CC/C=C\C/C=C\C/C=C\C/C=C\CCCCCCCCCCCCC(=O)OCC(COC(=O)CCCCCC/C=C\C/C=C\C/C=C\C/C=C\CC)OC(=O)CCCCCCCCCCCCCCCCCCCCCCCCC. The number of allylic oxidation sites excluding steroid dienone is 16. The van der Waals surface area contributed by atoms with Crippen LogP contribution in [0, 0.1) is 0 Å². The van der Waals surface area contributed by atoms with Crippen LogP contribution in [0.3, 0.4) is 0 Å². The molecule has 0 bridgehead atoms. The predicted molar refractivity (Wildman–Crippen MR) is 353 cm³/mol. The third-order valence-corrected chi connectivity index (χ3v) is 15.1. The molecule has 0 aromatic carbocycles. The third-order valence-electron chi connectivity index (χ3n) is 15.1. The van der Waals surface area contributed by atoms with Gasteiger partial charge in [-0.05, 0) is 96.3 Å². The van der Waals surface area contributed by atoms with E-state index in [1.54, 1.807) is 0 Å². The standard InChI is InChI=1S/C75H130O6/c1-4-7-10-13-16-19-22-25-28-31-33-35-37-39-41-44-47-50-53-56-59-62-65-68-74(77)80-71-72(70-79-73(76)67-64-61-58-55-52-49-46-43-30-27-24-21-18-15-12-9-6-3)81-75(78)69-66-63-60-57-54-51-48-45-42-40-38-36-34-32-29-26-23-20-17-14-11-8-5-2/h7,9-10,12,16,18-19,21,25,27-28,30,33,35,46,49,72H,4-6,8,11,13-15,17,20,22-24,26,29,31-32,34,36-45,47-48,50-71H2,1-3H3/b10-7-,12-9-,19-16-,21-18-,28-25-,30-27-,35-33-,49-46-. The molecule has 0 aromatic heterocycles. The van der Waals surface area contributed by atoms with E-state index in [-0.39, 0.29) is 31.1 Å². The van der Waals surface area contributed by atoms with Gasteiger partial charge in [-0.25, -0.2) is 0 Å². The van der Waals surface area contributed by atoms with Crippen LogP contribution in [0.5, 0.6) is 0 Å². The zero-order valence-electron chi connectivity index (χ0n) is 53.5. The lowest BCUT2D eigenvalue weighted by molar-refractivity contribution is -0.167.